The highest BCUT2D eigenvalue weighted by atomic mass is 32.2. The van der Waals surface area contributed by atoms with Crippen LogP contribution in [-0.4, -0.2) is 75.3 Å². The summed E-state index contributed by atoms with van der Waals surface area (Å²) in [6.07, 6.45) is 0. The average molecular weight is 464 g/mol. The number of aryl methyl sites for hydroxylation is 2. The summed E-state index contributed by atoms with van der Waals surface area (Å²) in [4.78, 5) is 16.0. The second kappa shape index (κ2) is 9.97. The number of carbonyl (C=O) groups excluding carboxylic acids is 1. The fourth-order valence-electron chi connectivity index (χ4n) is 4.12. The number of sulfonamides is 1. The Morgan fingerprint density at radius 3 is 2.25 bits per heavy atom. The monoisotopic (exact) mass is 463 g/mol. The summed E-state index contributed by atoms with van der Waals surface area (Å²) >= 11 is 0. The lowest BCUT2D eigenvalue weighted by Gasteiger charge is -2.34. The van der Waals surface area contributed by atoms with E-state index in [0.717, 1.165) is 28.5 Å². The van der Waals surface area contributed by atoms with Crippen molar-refractivity contribution in [1.82, 2.24) is 14.1 Å². The normalized spacial score (nSPS) is 15.2. The van der Waals surface area contributed by atoms with E-state index in [9.17, 15) is 17.6 Å². The molecule has 1 heterocycles. The van der Waals surface area contributed by atoms with Gasteiger partial charge in [0.1, 0.15) is 16.5 Å². The number of benzene rings is 2. The molecule has 2 aromatic carbocycles. The van der Waals surface area contributed by atoms with Crippen LogP contribution in [0.4, 0.5) is 4.39 Å². The number of carbonyl (C=O) groups is 1. The van der Waals surface area contributed by atoms with Gasteiger partial charge in [-0.05, 0) is 49.7 Å². The number of amides is 1. The molecule has 3 rings (SSSR count). The summed E-state index contributed by atoms with van der Waals surface area (Å²) in [7, 11) is -0.385. The number of likely N-dealkylation sites (N-methyl/N-ethyl adjacent to an activating group) is 1. The van der Waals surface area contributed by atoms with Crippen molar-refractivity contribution < 1.29 is 22.3 Å². The lowest BCUT2D eigenvalue weighted by Crippen LogP contribution is -2.52. The molecule has 0 aromatic heterocycles. The van der Waals surface area contributed by atoms with E-state index in [1.54, 1.807) is 12.0 Å². The van der Waals surface area contributed by atoms with Crippen LogP contribution in [0.1, 0.15) is 16.7 Å². The van der Waals surface area contributed by atoms with E-state index in [-0.39, 0.29) is 43.5 Å². The number of methoxy groups -OCH3 is 1. The molecular weight excluding hydrogens is 433 g/mol. The van der Waals surface area contributed by atoms with Gasteiger partial charge in [-0.25, -0.2) is 12.8 Å². The fraction of sp³-hybridized carbons (Fsp3) is 0.435. The topological polar surface area (TPSA) is 70.2 Å². The lowest BCUT2D eigenvalue weighted by atomic mass is 10.1. The largest absolute Gasteiger partial charge is 0.496 e. The molecule has 1 fully saturated rings. The Morgan fingerprint density at radius 1 is 1.09 bits per heavy atom. The SMILES string of the molecule is COc1c(C)cc(CN(C)CC(=O)N2CCN(S(=O)(=O)c3ccccc3F)CC2)cc1C. The van der Waals surface area contributed by atoms with Crippen molar-refractivity contribution in [2.24, 2.45) is 0 Å². The zero-order valence-corrected chi connectivity index (χ0v) is 19.8. The first-order chi connectivity index (χ1) is 15.1. The first kappa shape index (κ1) is 24.2. The molecule has 1 aliphatic rings. The van der Waals surface area contributed by atoms with E-state index in [1.165, 1.54) is 22.5 Å². The minimum absolute atomic E-state index is 0.0580. The zero-order chi connectivity index (χ0) is 23.5. The van der Waals surface area contributed by atoms with Crippen LogP contribution in [0.15, 0.2) is 41.3 Å². The summed E-state index contributed by atoms with van der Waals surface area (Å²) in [6, 6.07) is 9.46. The first-order valence-corrected chi connectivity index (χ1v) is 11.9. The Bertz CT molecular complexity index is 1060. The quantitative estimate of drug-likeness (QED) is 0.631. The number of piperazine rings is 1. The zero-order valence-electron chi connectivity index (χ0n) is 19.0. The summed E-state index contributed by atoms with van der Waals surface area (Å²) in [5.41, 5.74) is 3.20. The van der Waals surface area contributed by atoms with E-state index in [2.05, 4.69) is 12.1 Å². The predicted octanol–water partition coefficient (Wildman–Crippen LogP) is 2.42. The van der Waals surface area contributed by atoms with Gasteiger partial charge in [0.15, 0.2) is 0 Å². The molecule has 2 aromatic rings. The van der Waals surface area contributed by atoms with E-state index in [4.69, 9.17) is 4.74 Å². The molecule has 174 valence electrons. The average Bonchev–Trinajstić information content (AvgIpc) is 2.73. The number of ether oxygens (including phenoxy) is 1. The molecule has 1 amide bonds. The second-order valence-corrected chi connectivity index (χ2v) is 10.1. The Labute approximate surface area is 189 Å². The van der Waals surface area contributed by atoms with Gasteiger partial charge in [-0.3, -0.25) is 9.69 Å². The number of rotatable bonds is 7. The molecule has 0 unspecified atom stereocenters. The third-order valence-corrected chi connectivity index (χ3v) is 7.56. The van der Waals surface area contributed by atoms with Crippen LogP contribution in [-0.2, 0) is 21.4 Å². The molecule has 0 spiro atoms. The lowest BCUT2D eigenvalue weighted by molar-refractivity contribution is -0.133. The van der Waals surface area contributed by atoms with Crippen molar-refractivity contribution >= 4 is 15.9 Å². The molecule has 0 radical (unpaired) electrons. The van der Waals surface area contributed by atoms with Crippen LogP contribution in [0.5, 0.6) is 5.75 Å². The van der Waals surface area contributed by atoms with Crippen molar-refractivity contribution in [2.45, 2.75) is 25.3 Å². The van der Waals surface area contributed by atoms with Crippen molar-refractivity contribution in [3.63, 3.8) is 0 Å². The van der Waals surface area contributed by atoms with Gasteiger partial charge in [-0.2, -0.15) is 4.31 Å². The number of hydrogen-bond donors (Lipinski definition) is 0. The van der Waals surface area contributed by atoms with Gasteiger partial charge in [0.2, 0.25) is 15.9 Å². The maximum Gasteiger partial charge on any atom is 0.246 e. The van der Waals surface area contributed by atoms with E-state index < -0.39 is 15.8 Å². The van der Waals surface area contributed by atoms with Crippen LogP contribution in [0.25, 0.3) is 0 Å². The molecule has 0 N–H and O–H groups in total. The van der Waals surface area contributed by atoms with Crippen LogP contribution in [0.2, 0.25) is 0 Å². The Morgan fingerprint density at radius 2 is 1.69 bits per heavy atom. The Kier molecular flexibility index (Phi) is 7.53. The summed E-state index contributed by atoms with van der Waals surface area (Å²) in [5.74, 6) is 0.0460. The molecule has 9 heteroatoms. The van der Waals surface area contributed by atoms with Crippen LogP contribution < -0.4 is 4.74 Å². The molecule has 0 saturated carbocycles. The highest BCUT2D eigenvalue weighted by Crippen LogP contribution is 2.25. The molecular formula is C23H30FN3O4S. The van der Waals surface area contributed by atoms with Gasteiger partial charge >= 0.3 is 0 Å². The van der Waals surface area contributed by atoms with E-state index in [1.807, 2.05) is 25.8 Å². The van der Waals surface area contributed by atoms with Crippen LogP contribution >= 0.6 is 0 Å². The summed E-state index contributed by atoms with van der Waals surface area (Å²) in [6.45, 7) is 5.67. The summed E-state index contributed by atoms with van der Waals surface area (Å²) in [5, 5.41) is 0. The molecule has 0 atom stereocenters. The number of halogens is 1. The Hall–Kier alpha value is -2.49. The second-order valence-electron chi connectivity index (χ2n) is 8.15. The van der Waals surface area contributed by atoms with E-state index >= 15 is 0 Å². The van der Waals surface area contributed by atoms with Gasteiger partial charge in [0.25, 0.3) is 0 Å². The molecule has 32 heavy (non-hydrogen) atoms. The number of nitrogens with zero attached hydrogens (tertiary/aromatic N) is 3. The fourth-order valence-corrected chi connectivity index (χ4v) is 5.61. The maximum absolute atomic E-state index is 14.0. The maximum atomic E-state index is 14.0. The third kappa shape index (κ3) is 5.28. The van der Waals surface area contributed by atoms with Crippen molar-refractivity contribution in [1.29, 1.82) is 0 Å². The predicted molar refractivity (Wildman–Crippen MR) is 121 cm³/mol. The molecule has 1 aliphatic heterocycles. The summed E-state index contributed by atoms with van der Waals surface area (Å²) < 4.78 is 46.1. The van der Waals surface area contributed by atoms with Crippen molar-refractivity contribution in [3.05, 3.63) is 58.9 Å². The number of hydrogen-bond acceptors (Lipinski definition) is 5. The smallest absolute Gasteiger partial charge is 0.246 e. The molecule has 1 saturated heterocycles. The van der Waals surface area contributed by atoms with Gasteiger partial charge in [-0.1, -0.05) is 24.3 Å². The molecule has 0 aliphatic carbocycles. The Balaban J connectivity index is 1.56. The molecule has 0 bridgehead atoms. The first-order valence-electron chi connectivity index (χ1n) is 10.5. The van der Waals surface area contributed by atoms with Crippen molar-refractivity contribution in [3.8, 4) is 5.75 Å². The minimum Gasteiger partial charge on any atom is -0.496 e. The van der Waals surface area contributed by atoms with E-state index in [0.29, 0.717) is 6.54 Å². The molecule has 7 nitrogen and oxygen atoms in total. The highest BCUT2D eigenvalue weighted by molar-refractivity contribution is 7.89. The van der Waals surface area contributed by atoms with Gasteiger partial charge in [0, 0.05) is 32.7 Å². The highest BCUT2D eigenvalue weighted by Gasteiger charge is 2.31. The van der Waals surface area contributed by atoms with Crippen LogP contribution in [0, 0.1) is 19.7 Å². The van der Waals surface area contributed by atoms with Crippen molar-refractivity contribution in [2.75, 3.05) is 46.9 Å². The van der Waals surface area contributed by atoms with Gasteiger partial charge in [-0.15, -0.1) is 0 Å². The van der Waals surface area contributed by atoms with Crippen LogP contribution in [0.3, 0.4) is 0 Å². The van der Waals surface area contributed by atoms with Gasteiger partial charge in [0.05, 0.1) is 13.7 Å². The minimum atomic E-state index is -3.92. The third-order valence-electron chi connectivity index (χ3n) is 5.63. The standard InChI is InChI=1S/C23H30FN3O4S/c1-17-13-19(14-18(2)23(17)31-4)15-25(3)16-22(28)26-9-11-27(12-10-26)32(29,30)21-8-6-5-7-20(21)24/h5-8,13-14H,9-12,15-16H2,1-4H3. The van der Waals surface area contributed by atoms with Gasteiger partial charge < -0.3 is 9.64 Å².